The van der Waals surface area contributed by atoms with Crippen molar-refractivity contribution >= 4 is 0 Å². The second-order valence-corrected chi connectivity index (χ2v) is 22.9. The van der Waals surface area contributed by atoms with E-state index in [1.165, 1.54) is 0 Å². The molecule has 0 aromatic heterocycles. The van der Waals surface area contributed by atoms with E-state index in [9.17, 15) is 61.3 Å². The predicted molar refractivity (Wildman–Crippen MR) is 234 cm³/mol. The second kappa shape index (κ2) is 19.6. The smallest absolute Gasteiger partial charge is 0.187 e. The summed E-state index contributed by atoms with van der Waals surface area (Å²) in [5.74, 6) is -0.151. The molecule has 0 bridgehead atoms. The van der Waals surface area contributed by atoms with Gasteiger partial charge in [-0.25, -0.2) is 0 Å². The molecule has 0 aromatic carbocycles. The van der Waals surface area contributed by atoms with E-state index in [0.717, 1.165) is 37.7 Å². The Balaban J connectivity index is 1.13. The summed E-state index contributed by atoms with van der Waals surface area (Å²) in [4.78, 5) is 0. The summed E-state index contributed by atoms with van der Waals surface area (Å²) in [5.41, 5.74) is -1.12. The maximum Gasteiger partial charge on any atom is 0.187 e. The third-order valence-corrected chi connectivity index (χ3v) is 18.8. The largest absolute Gasteiger partial charge is 0.394 e. The zero-order valence-electron chi connectivity index (χ0n) is 40.0. The van der Waals surface area contributed by atoms with Gasteiger partial charge in [0.15, 0.2) is 18.9 Å². The van der Waals surface area contributed by atoms with Crippen LogP contribution in [-0.4, -0.2) is 191 Å². The molecule has 3 saturated heterocycles. The summed E-state index contributed by atoms with van der Waals surface area (Å²) in [5, 5.41) is 129. The van der Waals surface area contributed by atoms with Crippen LogP contribution in [-0.2, 0) is 28.4 Å². The lowest BCUT2D eigenvalue weighted by Gasteiger charge is -2.71. The monoisotopic (exact) mass is 947 g/mol. The van der Waals surface area contributed by atoms with E-state index in [4.69, 9.17) is 28.4 Å². The molecule has 0 radical (unpaired) electrons. The van der Waals surface area contributed by atoms with Gasteiger partial charge < -0.3 is 89.7 Å². The zero-order valence-corrected chi connectivity index (χ0v) is 40.0. The summed E-state index contributed by atoms with van der Waals surface area (Å²) in [6.07, 6.45) is -15.4. The molecule has 7 aliphatic rings. The van der Waals surface area contributed by atoms with Crippen LogP contribution in [0, 0.1) is 45.3 Å². The molecule has 0 unspecified atom stereocenters. The van der Waals surface area contributed by atoms with Gasteiger partial charge in [0.05, 0.1) is 37.6 Å². The number of hydrogen-bond donors (Lipinski definition) is 12. The summed E-state index contributed by atoms with van der Waals surface area (Å²) in [6, 6.07) is 0. The Labute approximate surface area is 388 Å². The first-order valence-corrected chi connectivity index (χ1v) is 24.4. The minimum absolute atomic E-state index is 0.0905. The van der Waals surface area contributed by atoms with Gasteiger partial charge in [-0.05, 0) is 124 Å². The number of rotatable bonds is 13. The Morgan fingerprint density at radius 1 is 0.606 bits per heavy atom. The second-order valence-electron chi connectivity index (χ2n) is 22.9. The first-order chi connectivity index (χ1) is 30.8. The van der Waals surface area contributed by atoms with Gasteiger partial charge in [-0.1, -0.05) is 46.3 Å². The van der Waals surface area contributed by atoms with Crippen molar-refractivity contribution in [2.45, 2.75) is 223 Å². The molecule has 0 spiro atoms. The van der Waals surface area contributed by atoms with Crippen LogP contribution in [0.3, 0.4) is 0 Å². The SMILES string of the molecule is CC(C)=CCC[C@](C)(O[C@@H]1O[C@H](CO)[C@@H](O)[C@H](O)[C@H]1O)[C@H]1CC[C@@]2(C)[C@@H]1[C@H](O)C[C@@H]1[C@]3(C)CC[C@H](O[C@@H]4O[C@H](CO)[C@@H](O)[C@H](O)[C@H]4O[C@@H]4O[C@H](CO)[C@@H](O)[C@H](O)[C@H]4O)C(C)(C)[C@@H]3CC[C@]12C. The Morgan fingerprint density at radius 2 is 1.14 bits per heavy atom. The van der Waals surface area contributed by atoms with E-state index in [2.05, 4.69) is 40.7 Å². The minimum atomic E-state index is -1.79. The normalized spacial score (nSPS) is 52.4. The number of ether oxygens (including phenoxy) is 6. The molecule has 7 fully saturated rings. The van der Waals surface area contributed by atoms with Gasteiger partial charge in [-0.2, -0.15) is 0 Å². The van der Waals surface area contributed by atoms with E-state index in [1.807, 2.05) is 20.8 Å². The average molecular weight is 947 g/mol. The lowest BCUT2D eigenvalue weighted by Crippen LogP contribution is -2.68. The van der Waals surface area contributed by atoms with Gasteiger partial charge in [-0.15, -0.1) is 0 Å². The Hall–Kier alpha value is -0.980. The van der Waals surface area contributed by atoms with Gasteiger partial charge in [-0.3, -0.25) is 0 Å². The highest BCUT2D eigenvalue weighted by Crippen LogP contribution is 2.76. The summed E-state index contributed by atoms with van der Waals surface area (Å²) in [6.45, 7) is 15.5. The minimum Gasteiger partial charge on any atom is -0.394 e. The van der Waals surface area contributed by atoms with E-state index in [-0.39, 0.29) is 39.9 Å². The molecular formula is C48H82O18. The zero-order chi connectivity index (χ0) is 48.6. The summed E-state index contributed by atoms with van der Waals surface area (Å²) >= 11 is 0. The molecule has 66 heavy (non-hydrogen) atoms. The fourth-order valence-corrected chi connectivity index (χ4v) is 14.9. The molecule has 12 N–H and O–H groups in total. The molecule has 18 nitrogen and oxygen atoms in total. The van der Waals surface area contributed by atoms with Crippen molar-refractivity contribution in [2.24, 2.45) is 45.3 Å². The van der Waals surface area contributed by atoms with Crippen LogP contribution in [0.1, 0.15) is 113 Å². The van der Waals surface area contributed by atoms with Crippen LogP contribution in [0.4, 0.5) is 0 Å². The van der Waals surface area contributed by atoms with Crippen molar-refractivity contribution in [3.63, 3.8) is 0 Å². The quantitative estimate of drug-likeness (QED) is 0.0853. The maximum atomic E-state index is 12.7. The van der Waals surface area contributed by atoms with E-state index in [1.54, 1.807) is 0 Å². The maximum absolute atomic E-state index is 12.7. The van der Waals surface area contributed by atoms with Crippen molar-refractivity contribution in [1.82, 2.24) is 0 Å². The average Bonchev–Trinajstić information content (AvgIpc) is 3.65. The van der Waals surface area contributed by atoms with Crippen molar-refractivity contribution < 1.29 is 89.7 Å². The van der Waals surface area contributed by atoms with Crippen molar-refractivity contribution in [1.29, 1.82) is 0 Å². The van der Waals surface area contributed by atoms with Crippen LogP contribution >= 0.6 is 0 Å². The van der Waals surface area contributed by atoms with E-state index < -0.39 is 135 Å². The molecule has 18 heteroatoms. The van der Waals surface area contributed by atoms with Gasteiger partial charge in [0.1, 0.15) is 73.2 Å². The van der Waals surface area contributed by atoms with Crippen molar-refractivity contribution in [2.75, 3.05) is 19.8 Å². The van der Waals surface area contributed by atoms with Gasteiger partial charge in [0.2, 0.25) is 0 Å². The number of aliphatic hydroxyl groups excluding tert-OH is 12. The van der Waals surface area contributed by atoms with Crippen LogP contribution in [0.5, 0.6) is 0 Å². The molecule has 7 rings (SSSR count). The molecule has 4 aliphatic carbocycles. The number of fused-ring (bicyclic) bond motifs is 5. The molecule has 3 aliphatic heterocycles. The highest BCUT2D eigenvalue weighted by molar-refractivity contribution is 5.20. The fourth-order valence-electron chi connectivity index (χ4n) is 14.9. The third kappa shape index (κ3) is 8.79. The number of hydrogen-bond acceptors (Lipinski definition) is 18. The van der Waals surface area contributed by atoms with Crippen molar-refractivity contribution in [3.05, 3.63) is 11.6 Å². The first kappa shape index (κ1) is 52.8. The van der Waals surface area contributed by atoms with Gasteiger partial charge in [0.25, 0.3) is 0 Å². The highest BCUT2D eigenvalue weighted by Gasteiger charge is 2.72. The third-order valence-electron chi connectivity index (χ3n) is 18.8. The fraction of sp³-hybridized carbons (Fsp3) is 0.958. The molecule has 3 heterocycles. The van der Waals surface area contributed by atoms with Gasteiger partial charge in [0, 0.05) is 0 Å². The van der Waals surface area contributed by atoms with E-state index in [0.29, 0.717) is 25.7 Å². The van der Waals surface area contributed by atoms with Crippen molar-refractivity contribution in [3.8, 4) is 0 Å². The highest BCUT2D eigenvalue weighted by atomic mass is 16.8. The summed E-state index contributed by atoms with van der Waals surface area (Å²) < 4.78 is 37.2. The van der Waals surface area contributed by atoms with Crippen LogP contribution in [0.2, 0.25) is 0 Å². The lowest BCUT2D eigenvalue weighted by molar-refractivity contribution is -0.378. The Kier molecular flexibility index (Phi) is 15.7. The summed E-state index contributed by atoms with van der Waals surface area (Å²) in [7, 11) is 0. The molecule has 382 valence electrons. The topological polar surface area (TPSA) is 298 Å². The van der Waals surface area contributed by atoms with Crippen LogP contribution < -0.4 is 0 Å². The predicted octanol–water partition coefficient (Wildman–Crippen LogP) is -0.0268. The number of allylic oxidation sites excluding steroid dienone is 2. The standard InChI is InChI=1S/C48H82O18/c1-22(2)10-9-14-48(8,66-42-39(60)36(57)33(54)26(20-50)62-42)23-11-16-47(7)31(23)24(52)18-29-45(5)15-13-30(44(3,4)28(45)12-17-46(29,47)6)64-43-40(37(58)34(55)27(21-51)63-43)65-41-38(59)35(56)32(53)25(19-49)61-41/h10,23-43,49-60H,9,11-21H2,1-8H3/t23-,24+,25+,26+,27+,28-,29+,30-,31-,32+,33+,34+,35-,36-,37-,38+,39+,40+,41-,42-,43-,45+,46+,47-,48-/m0/s1. The van der Waals surface area contributed by atoms with Gasteiger partial charge >= 0.3 is 0 Å². The molecule has 0 aromatic rings. The molecule has 25 atom stereocenters. The Morgan fingerprint density at radius 3 is 1.71 bits per heavy atom. The molecule has 4 saturated carbocycles. The molecule has 0 amide bonds. The lowest BCUT2D eigenvalue weighted by atomic mass is 9.35. The first-order valence-electron chi connectivity index (χ1n) is 24.4. The number of aliphatic hydroxyl groups is 12. The van der Waals surface area contributed by atoms with Crippen LogP contribution in [0.15, 0.2) is 11.6 Å². The molecular weight excluding hydrogens is 865 g/mol. The van der Waals surface area contributed by atoms with E-state index >= 15 is 0 Å². The van der Waals surface area contributed by atoms with Crippen LogP contribution in [0.25, 0.3) is 0 Å². The Bertz CT molecular complexity index is 1680.